The molecule has 0 aliphatic heterocycles. The molecule has 1 unspecified atom stereocenters. The summed E-state index contributed by atoms with van der Waals surface area (Å²) >= 11 is 0. The average molecular weight is 785 g/mol. The molecule has 0 heterocycles. The molecule has 0 spiro atoms. The van der Waals surface area contributed by atoms with Crippen LogP contribution in [0.15, 0.2) is 48.6 Å². The van der Waals surface area contributed by atoms with Crippen molar-refractivity contribution in [3.8, 4) is 0 Å². The molecule has 0 amide bonds. The first-order valence-electron chi connectivity index (χ1n) is 23.7. The maximum Gasteiger partial charge on any atom is 0.306 e. The van der Waals surface area contributed by atoms with Crippen LogP contribution in [0.2, 0.25) is 0 Å². The number of esters is 3. The Hall–Kier alpha value is -2.63. The highest BCUT2D eigenvalue weighted by molar-refractivity contribution is 5.71. The van der Waals surface area contributed by atoms with E-state index < -0.39 is 6.10 Å². The van der Waals surface area contributed by atoms with Crippen molar-refractivity contribution in [2.75, 3.05) is 13.2 Å². The van der Waals surface area contributed by atoms with Gasteiger partial charge in [-0.05, 0) is 44.9 Å². The summed E-state index contributed by atoms with van der Waals surface area (Å²) in [5.74, 6) is -0.903. The Morgan fingerprint density at radius 3 is 1.04 bits per heavy atom. The minimum absolute atomic E-state index is 0.0784. The van der Waals surface area contributed by atoms with Crippen LogP contribution in [0, 0.1) is 0 Å². The van der Waals surface area contributed by atoms with E-state index in [1.165, 1.54) is 109 Å². The molecular formula is C50H88O6. The summed E-state index contributed by atoms with van der Waals surface area (Å²) in [7, 11) is 0. The lowest BCUT2D eigenvalue weighted by Crippen LogP contribution is -2.30. The Morgan fingerprint density at radius 2 is 0.643 bits per heavy atom. The summed E-state index contributed by atoms with van der Waals surface area (Å²) in [5.41, 5.74) is 0. The fourth-order valence-electron chi connectivity index (χ4n) is 6.57. The van der Waals surface area contributed by atoms with Crippen LogP contribution < -0.4 is 0 Å². The van der Waals surface area contributed by atoms with E-state index in [0.29, 0.717) is 19.3 Å². The van der Waals surface area contributed by atoms with E-state index >= 15 is 0 Å². The van der Waals surface area contributed by atoms with Crippen LogP contribution in [0.1, 0.15) is 233 Å². The van der Waals surface area contributed by atoms with Gasteiger partial charge in [0.15, 0.2) is 6.10 Å². The van der Waals surface area contributed by atoms with E-state index in [2.05, 4.69) is 69.4 Å². The molecule has 0 aromatic heterocycles. The number of hydrogen-bond donors (Lipinski definition) is 0. The van der Waals surface area contributed by atoms with Gasteiger partial charge >= 0.3 is 17.9 Å². The third-order valence-electron chi connectivity index (χ3n) is 10.2. The van der Waals surface area contributed by atoms with Gasteiger partial charge in [-0.1, -0.05) is 217 Å². The Morgan fingerprint density at radius 1 is 0.357 bits per heavy atom. The van der Waals surface area contributed by atoms with Gasteiger partial charge in [-0.25, -0.2) is 0 Å². The third-order valence-corrected chi connectivity index (χ3v) is 10.2. The van der Waals surface area contributed by atoms with Crippen LogP contribution in [0.25, 0.3) is 0 Å². The van der Waals surface area contributed by atoms with E-state index in [1.807, 2.05) is 0 Å². The first kappa shape index (κ1) is 53.4. The first-order chi connectivity index (χ1) is 27.5. The van der Waals surface area contributed by atoms with Crippen molar-refractivity contribution in [1.29, 1.82) is 0 Å². The number of ether oxygens (including phenoxy) is 3. The molecule has 0 saturated carbocycles. The molecule has 0 aliphatic carbocycles. The molecule has 0 bridgehead atoms. The van der Waals surface area contributed by atoms with Crippen molar-refractivity contribution in [1.82, 2.24) is 0 Å². The molecule has 0 aliphatic rings. The van der Waals surface area contributed by atoms with Crippen molar-refractivity contribution in [3.63, 3.8) is 0 Å². The summed E-state index contributed by atoms with van der Waals surface area (Å²) < 4.78 is 16.7. The van der Waals surface area contributed by atoms with Gasteiger partial charge in [0.05, 0.1) is 0 Å². The summed E-state index contributed by atoms with van der Waals surface area (Å²) in [6.45, 7) is 6.55. The minimum atomic E-state index is -0.776. The van der Waals surface area contributed by atoms with Crippen molar-refractivity contribution in [3.05, 3.63) is 48.6 Å². The second-order valence-corrected chi connectivity index (χ2v) is 15.8. The van der Waals surface area contributed by atoms with Crippen LogP contribution in [0.3, 0.4) is 0 Å². The third kappa shape index (κ3) is 42.5. The standard InChI is InChI=1S/C50H88O6/c1-4-7-10-13-16-19-21-22-23-24-25-26-27-29-31-34-37-40-43-49(52)55-46-47(45-54-48(51)42-39-36-33-30-18-15-12-9-6-3)56-50(53)44-41-38-35-32-28-20-17-14-11-8-5-2/h16,19,21-26,47H,4-15,17-18,20,27-46H2,1-3H3/b19-16-,22-21-,24-23-,26-25-. The molecule has 324 valence electrons. The van der Waals surface area contributed by atoms with Crippen LogP contribution in [0.4, 0.5) is 0 Å². The summed E-state index contributed by atoms with van der Waals surface area (Å²) in [5, 5.41) is 0. The number of unbranched alkanes of at least 4 members (excludes halogenated alkanes) is 26. The SMILES string of the molecule is CCCCC\C=C/C=C\C=C/C=C\CCCCCCCC(=O)OCC(COC(=O)CCCCCCCCCCC)OC(=O)CCCCCCCCCCCCC. The number of rotatable bonds is 42. The monoisotopic (exact) mass is 785 g/mol. The molecule has 0 fully saturated rings. The topological polar surface area (TPSA) is 78.9 Å². The zero-order valence-corrected chi connectivity index (χ0v) is 36.9. The Balaban J connectivity index is 4.36. The van der Waals surface area contributed by atoms with Gasteiger partial charge in [0.2, 0.25) is 0 Å². The molecule has 0 radical (unpaired) electrons. The molecule has 1 atom stereocenters. The van der Waals surface area contributed by atoms with E-state index in [-0.39, 0.29) is 31.1 Å². The second kappa shape index (κ2) is 45.1. The average Bonchev–Trinajstić information content (AvgIpc) is 3.19. The van der Waals surface area contributed by atoms with Crippen molar-refractivity contribution < 1.29 is 28.6 Å². The van der Waals surface area contributed by atoms with Crippen LogP contribution >= 0.6 is 0 Å². The molecule has 56 heavy (non-hydrogen) atoms. The van der Waals surface area contributed by atoms with Gasteiger partial charge in [0.25, 0.3) is 0 Å². The van der Waals surface area contributed by atoms with E-state index in [4.69, 9.17) is 14.2 Å². The molecule has 6 heteroatoms. The lowest BCUT2D eigenvalue weighted by Gasteiger charge is -2.18. The lowest BCUT2D eigenvalue weighted by atomic mass is 10.1. The zero-order valence-electron chi connectivity index (χ0n) is 36.9. The van der Waals surface area contributed by atoms with Gasteiger partial charge in [-0.2, -0.15) is 0 Å². The number of allylic oxidation sites excluding steroid dienone is 8. The molecule has 0 N–H and O–H groups in total. The van der Waals surface area contributed by atoms with Crippen LogP contribution in [-0.4, -0.2) is 37.2 Å². The predicted octanol–water partition coefficient (Wildman–Crippen LogP) is 15.1. The Bertz CT molecular complexity index is 996. The normalized spacial score (nSPS) is 12.4. The Kier molecular flexibility index (Phi) is 43.0. The number of carbonyl (C=O) groups excluding carboxylic acids is 3. The highest BCUT2D eigenvalue weighted by Gasteiger charge is 2.19. The van der Waals surface area contributed by atoms with E-state index in [9.17, 15) is 14.4 Å². The van der Waals surface area contributed by atoms with Gasteiger partial charge in [-0.15, -0.1) is 0 Å². The van der Waals surface area contributed by atoms with Crippen molar-refractivity contribution in [2.45, 2.75) is 239 Å². The smallest absolute Gasteiger partial charge is 0.306 e. The lowest BCUT2D eigenvalue weighted by molar-refractivity contribution is -0.167. The Labute approximate surface area is 346 Å². The highest BCUT2D eigenvalue weighted by atomic mass is 16.6. The minimum Gasteiger partial charge on any atom is -0.462 e. The second-order valence-electron chi connectivity index (χ2n) is 15.8. The van der Waals surface area contributed by atoms with Crippen LogP contribution in [-0.2, 0) is 28.6 Å². The molecule has 0 rings (SSSR count). The summed E-state index contributed by atoms with van der Waals surface area (Å²) in [6.07, 6.45) is 52.3. The quantitative estimate of drug-likeness (QED) is 0.0265. The zero-order chi connectivity index (χ0) is 40.8. The van der Waals surface area contributed by atoms with Crippen molar-refractivity contribution in [2.24, 2.45) is 0 Å². The molecule has 0 saturated heterocycles. The largest absolute Gasteiger partial charge is 0.462 e. The fourth-order valence-corrected chi connectivity index (χ4v) is 6.57. The predicted molar refractivity (Wildman–Crippen MR) is 238 cm³/mol. The van der Waals surface area contributed by atoms with Gasteiger partial charge in [0.1, 0.15) is 13.2 Å². The van der Waals surface area contributed by atoms with Crippen LogP contribution in [0.5, 0.6) is 0 Å². The van der Waals surface area contributed by atoms with E-state index in [1.54, 1.807) is 0 Å². The number of carbonyl (C=O) groups is 3. The molecular weight excluding hydrogens is 697 g/mol. The first-order valence-corrected chi connectivity index (χ1v) is 23.7. The maximum absolute atomic E-state index is 12.7. The van der Waals surface area contributed by atoms with Gasteiger partial charge in [-0.3, -0.25) is 14.4 Å². The molecule has 6 nitrogen and oxygen atoms in total. The molecule has 0 aromatic carbocycles. The summed E-state index contributed by atoms with van der Waals surface area (Å²) in [4.78, 5) is 37.7. The van der Waals surface area contributed by atoms with Gasteiger partial charge < -0.3 is 14.2 Å². The summed E-state index contributed by atoms with van der Waals surface area (Å²) in [6, 6.07) is 0. The van der Waals surface area contributed by atoms with Crippen molar-refractivity contribution >= 4 is 17.9 Å². The number of hydrogen-bond acceptors (Lipinski definition) is 6. The van der Waals surface area contributed by atoms with Gasteiger partial charge in [0, 0.05) is 19.3 Å². The highest BCUT2D eigenvalue weighted by Crippen LogP contribution is 2.14. The maximum atomic E-state index is 12.7. The fraction of sp³-hybridized carbons (Fsp3) is 0.780. The van der Waals surface area contributed by atoms with E-state index in [0.717, 1.165) is 83.5 Å². The molecule has 0 aromatic rings.